The molecule has 0 aliphatic carbocycles. The van der Waals surface area contributed by atoms with Crippen LogP contribution < -0.4 is 0 Å². The van der Waals surface area contributed by atoms with Gasteiger partial charge >= 0.3 is 27.0 Å². The van der Waals surface area contributed by atoms with Crippen LogP contribution in [-0.2, 0) is 40.2 Å². The zero-order valence-electron chi connectivity index (χ0n) is 26.1. The standard InChI is InChI=1S/C39H41N2O2S.ClH.Ru/c1-32-26-28-37(29-27-32)44(42,43)40-38(35-22-10-4-11-23-35)39(36-24-12-5-13-25-36)41(30-14-20-33-16-6-2-7-17-33)31-15-21-34-18-8-3-9-19-34;;/h2-13,16-19,22-29,38-39H,14-15,20-21,30-31H2,1H3;1H;/q-1;;+2/p-1/t38-,39-;;/m1../s1. The molecule has 0 heterocycles. The van der Waals surface area contributed by atoms with Crippen LogP contribution in [0, 0.1) is 6.92 Å². The van der Waals surface area contributed by atoms with Gasteiger partial charge in [0.15, 0.2) is 0 Å². The van der Waals surface area contributed by atoms with Gasteiger partial charge < -0.3 is 4.72 Å². The quantitative estimate of drug-likeness (QED) is 0.101. The first-order chi connectivity index (χ1) is 22.5. The predicted octanol–water partition coefficient (Wildman–Crippen LogP) is 9.79. The fourth-order valence-corrected chi connectivity index (χ4v) is 6.90. The van der Waals surface area contributed by atoms with Gasteiger partial charge in [-0.2, -0.15) is 0 Å². The van der Waals surface area contributed by atoms with E-state index in [-0.39, 0.29) is 10.9 Å². The predicted molar refractivity (Wildman–Crippen MR) is 187 cm³/mol. The molecule has 240 valence electrons. The van der Waals surface area contributed by atoms with Crippen LogP contribution >= 0.6 is 9.69 Å². The second kappa shape index (κ2) is 18.9. The fraction of sp³-hybridized carbons (Fsp3) is 0.231. The van der Waals surface area contributed by atoms with E-state index in [1.54, 1.807) is 12.1 Å². The average Bonchev–Trinajstić information content (AvgIpc) is 3.10. The topological polar surface area (TPSA) is 51.5 Å². The summed E-state index contributed by atoms with van der Waals surface area (Å²) in [7, 11) is 0.629. The van der Waals surface area contributed by atoms with E-state index in [1.165, 1.54) is 11.1 Å². The number of rotatable bonds is 15. The molecule has 7 heteroatoms. The van der Waals surface area contributed by atoms with E-state index in [0.29, 0.717) is 0 Å². The molecule has 2 atom stereocenters. The van der Waals surface area contributed by atoms with Crippen molar-refractivity contribution in [3.63, 3.8) is 0 Å². The van der Waals surface area contributed by atoms with Gasteiger partial charge in [-0.25, -0.2) is 8.42 Å². The van der Waals surface area contributed by atoms with Crippen molar-refractivity contribution in [1.29, 1.82) is 0 Å². The number of nitrogens with zero attached hydrogens (tertiary/aromatic N) is 2. The van der Waals surface area contributed by atoms with Gasteiger partial charge in [0, 0.05) is 10.9 Å². The molecule has 0 saturated heterocycles. The van der Waals surface area contributed by atoms with Crippen LogP contribution in [0.2, 0.25) is 0 Å². The first-order valence-corrected chi connectivity index (χ1v) is 19.3. The molecule has 0 saturated carbocycles. The molecule has 0 bridgehead atoms. The number of hydrogen-bond acceptors (Lipinski definition) is 3. The normalized spacial score (nSPS) is 12.6. The summed E-state index contributed by atoms with van der Waals surface area (Å²) in [5, 5.41) is 0. The third kappa shape index (κ3) is 10.7. The van der Waals surface area contributed by atoms with Crippen LogP contribution in [0.5, 0.6) is 0 Å². The first-order valence-electron chi connectivity index (χ1n) is 15.6. The molecule has 4 nitrogen and oxygen atoms in total. The molecule has 46 heavy (non-hydrogen) atoms. The molecule has 0 aliphatic rings. The van der Waals surface area contributed by atoms with Gasteiger partial charge in [-0.3, -0.25) is 4.90 Å². The van der Waals surface area contributed by atoms with Gasteiger partial charge in [-0.1, -0.05) is 151 Å². The van der Waals surface area contributed by atoms with Crippen LogP contribution in [-0.4, -0.2) is 26.4 Å². The summed E-state index contributed by atoms with van der Waals surface area (Å²) in [6.45, 7) is 3.58. The Labute approximate surface area is 289 Å². The Morgan fingerprint density at radius 1 is 0.609 bits per heavy atom. The minimum absolute atomic E-state index is 0.218. The SMILES string of the molecule is Cc1ccc(S(=O)(=O)[N-][C@H](c2ccccc2)[C@@H](c2ccccc2)N(CCCc2ccccc2)CCCc2ccccc2)cc1.[Cl][Ru+]. The summed E-state index contributed by atoms with van der Waals surface area (Å²) in [4.78, 5) is 2.68. The van der Waals surface area contributed by atoms with Crippen molar-refractivity contribution < 1.29 is 25.7 Å². The van der Waals surface area contributed by atoms with Gasteiger partial charge in [0.25, 0.3) is 0 Å². The van der Waals surface area contributed by atoms with Crippen molar-refractivity contribution >= 4 is 19.7 Å². The van der Waals surface area contributed by atoms with Gasteiger partial charge in [0.1, 0.15) is 10.0 Å². The van der Waals surface area contributed by atoms with E-state index in [4.69, 9.17) is 4.72 Å². The fourth-order valence-electron chi connectivity index (χ4n) is 5.77. The number of aryl methyl sites for hydroxylation is 3. The molecule has 0 radical (unpaired) electrons. The Morgan fingerprint density at radius 3 is 1.48 bits per heavy atom. The van der Waals surface area contributed by atoms with E-state index in [2.05, 4.69) is 75.3 Å². The molecule has 5 aromatic rings. The monoisotopic (exact) mass is 738 g/mol. The van der Waals surface area contributed by atoms with Gasteiger partial charge in [-0.05, 0) is 74.5 Å². The van der Waals surface area contributed by atoms with E-state index in [9.17, 15) is 8.42 Å². The zero-order valence-corrected chi connectivity index (χ0v) is 29.4. The van der Waals surface area contributed by atoms with E-state index in [0.717, 1.165) is 55.5 Å². The van der Waals surface area contributed by atoms with Crippen molar-refractivity contribution in [1.82, 2.24) is 4.90 Å². The average molecular weight is 738 g/mol. The summed E-state index contributed by atoms with van der Waals surface area (Å²) >= 11 is 1.82. The van der Waals surface area contributed by atoms with Crippen LogP contribution in [0.3, 0.4) is 0 Å². The molecule has 0 amide bonds. The molecule has 0 spiro atoms. The zero-order chi connectivity index (χ0) is 32.6. The van der Waals surface area contributed by atoms with E-state index in [1.807, 2.05) is 97.0 Å². The van der Waals surface area contributed by atoms with E-state index >= 15 is 0 Å². The third-order valence-corrected chi connectivity index (χ3v) is 9.43. The Hall–Kier alpha value is -3.12. The molecule has 5 rings (SSSR count). The molecule has 5 aromatic carbocycles. The summed E-state index contributed by atoms with van der Waals surface area (Å²) in [6.07, 6.45) is 3.80. The Kier molecular flexibility index (Phi) is 14.7. The third-order valence-electron chi connectivity index (χ3n) is 8.05. The Morgan fingerprint density at radius 2 is 1.02 bits per heavy atom. The van der Waals surface area contributed by atoms with Crippen LogP contribution in [0.4, 0.5) is 0 Å². The van der Waals surface area contributed by atoms with Crippen molar-refractivity contribution in [2.75, 3.05) is 13.1 Å². The minimum atomic E-state index is -3.94. The molecular weight excluding hydrogens is 697 g/mol. The van der Waals surface area contributed by atoms with E-state index < -0.39 is 16.1 Å². The molecule has 0 N–H and O–H groups in total. The van der Waals surface area contributed by atoms with Crippen molar-refractivity contribution in [2.45, 2.75) is 49.6 Å². The number of benzene rings is 5. The first kappa shape index (κ1) is 35.7. The molecule has 0 aliphatic heterocycles. The van der Waals surface area contributed by atoms with Crippen LogP contribution in [0.25, 0.3) is 4.72 Å². The number of hydrogen-bond donors (Lipinski definition) is 0. The molecule has 0 aromatic heterocycles. The van der Waals surface area contributed by atoms with Gasteiger partial charge in [-0.15, -0.1) is 0 Å². The van der Waals surface area contributed by atoms with Crippen molar-refractivity contribution in [2.24, 2.45) is 0 Å². The van der Waals surface area contributed by atoms with Crippen LogP contribution in [0.15, 0.2) is 150 Å². The Bertz CT molecular complexity index is 1610. The maximum atomic E-state index is 13.9. The molecule has 0 fully saturated rings. The summed E-state index contributed by atoms with van der Waals surface area (Å²) in [6, 6.07) is 47.4. The summed E-state index contributed by atoms with van der Waals surface area (Å²) < 4.78 is 32.5. The number of sulfonamides is 1. The van der Waals surface area contributed by atoms with Gasteiger partial charge in [0.2, 0.25) is 0 Å². The number of halogens is 1. The van der Waals surface area contributed by atoms with Crippen LogP contribution in [0.1, 0.15) is 52.7 Å². The molecular formula is C39H41ClN2O2RuS. The maximum absolute atomic E-state index is 13.9. The molecule has 0 unspecified atom stereocenters. The second-order valence-electron chi connectivity index (χ2n) is 11.3. The summed E-state index contributed by atoms with van der Waals surface area (Å²) in [5.41, 5.74) is 5.56. The second-order valence-corrected chi connectivity index (χ2v) is 13.0. The van der Waals surface area contributed by atoms with Crippen molar-refractivity contribution in [3.8, 4) is 0 Å². The Balaban J connectivity index is 0.00000235. The van der Waals surface area contributed by atoms with Crippen molar-refractivity contribution in [3.05, 3.63) is 178 Å². The van der Waals surface area contributed by atoms with Gasteiger partial charge in [0.05, 0.1) is 0 Å². The summed E-state index contributed by atoms with van der Waals surface area (Å²) in [5.74, 6) is 0.